The average Bonchev–Trinajstić information content (AvgIpc) is 3.07. The zero-order valence-electron chi connectivity index (χ0n) is 13.9. The molecule has 0 saturated heterocycles. The summed E-state index contributed by atoms with van der Waals surface area (Å²) in [5.74, 6) is -0.0900. The molecular weight excluding hydrogens is 332 g/mol. The minimum Gasteiger partial charge on any atom is -0.464 e. The van der Waals surface area contributed by atoms with Crippen molar-refractivity contribution in [1.82, 2.24) is 9.38 Å². The third-order valence-corrected chi connectivity index (χ3v) is 4.01. The molecule has 0 atom stereocenters. The van der Waals surface area contributed by atoms with Gasteiger partial charge in [-0.05, 0) is 0 Å². The van der Waals surface area contributed by atoms with Crippen molar-refractivity contribution in [3.63, 3.8) is 0 Å². The van der Waals surface area contributed by atoms with Gasteiger partial charge >= 0.3 is 11.8 Å². The van der Waals surface area contributed by atoms with Gasteiger partial charge in [-0.3, -0.25) is 9.20 Å². The maximum absolute atomic E-state index is 12.3. The minimum atomic E-state index is -0.642. The number of aromatic nitrogens is 2. The highest BCUT2D eigenvalue weighted by atomic mass is 16.5. The van der Waals surface area contributed by atoms with Crippen molar-refractivity contribution < 1.29 is 13.9 Å². The van der Waals surface area contributed by atoms with Gasteiger partial charge in [0.2, 0.25) is 0 Å². The fourth-order valence-electron chi connectivity index (χ4n) is 2.88. The van der Waals surface area contributed by atoms with E-state index in [0.29, 0.717) is 11.5 Å². The van der Waals surface area contributed by atoms with Gasteiger partial charge in [0.25, 0.3) is 5.56 Å². The van der Waals surface area contributed by atoms with Gasteiger partial charge in [0.05, 0.1) is 7.11 Å². The zero-order chi connectivity index (χ0) is 18.1. The van der Waals surface area contributed by atoms with E-state index in [1.165, 1.54) is 11.5 Å². The van der Waals surface area contributed by atoms with Crippen molar-refractivity contribution in [1.29, 1.82) is 0 Å². The molecule has 26 heavy (non-hydrogen) atoms. The molecule has 4 rings (SSSR count). The topological polar surface area (TPSA) is 73.8 Å². The van der Waals surface area contributed by atoms with Gasteiger partial charge in [-0.15, -0.1) is 0 Å². The molecule has 0 unspecified atom stereocenters. The van der Waals surface area contributed by atoms with Gasteiger partial charge in [-0.25, -0.2) is 4.79 Å². The molecule has 128 valence electrons. The number of hydrogen-bond donors (Lipinski definition) is 0. The molecular formula is C20H14N2O4. The van der Waals surface area contributed by atoms with Gasteiger partial charge in [0.1, 0.15) is 11.4 Å². The third kappa shape index (κ3) is 2.57. The fourth-order valence-corrected chi connectivity index (χ4v) is 2.88. The first-order valence-electron chi connectivity index (χ1n) is 7.95. The normalized spacial score (nSPS) is 10.8. The SMILES string of the molecule is COC(=O)c1cc(=O)nc2oc(-c3ccccc3)c(-c3ccccc3)n12. The van der Waals surface area contributed by atoms with E-state index in [4.69, 9.17) is 9.15 Å². The van der Waals surface area contributed by atoms with Crippen molar-refractivity contribution in [3.05, 3.63) is 82.8 Å². The van der Waals surface area contributed by atoms with Crippen LogP contribution in [-0.2, 0) is 4.74 Å². The van der Waals surface area contributed by atoms with Crippen LogP contribution < -0.4 is 5.56 Å². The number of carbonyl (C=O) groups excluding carboxylic acids is 1. The quantitative estimate of drug-likeness (QED) is 0.532. The number of esters is 1. The van der Waals surface area contributed by atoms with Crippen LogP contribution in [-0.4, -0.2) is 22.5 Å². The van der Waals surface area contributed by atoms with Crippen LogP contribution in [0, 0.1) is 0 Å². The summed E-state index contributed by atoms with van der Waals surface area (Å²) in [6.45, 7) is 0. The van der Waals surface area contributed by atoms with Gasteiger partial charge in [-0.2, -0.15) is 4.98 Å². The monoisotopic (exact) mass is 346 g/mol. The van der Waals surface area contributed by atoms with E-state index in [1.54, 1.807) is 0 Å². The summed E-state index contributed by atoms with van der Waals surface area (Å²) in [5, 5.41) is 0. The summed E-state index contributed by atoms with van der Waals surface area (Å²) < 4.78 is 12.3. The van der Waals surface area contributed by atoms with E-state index in [2.05, 4.69) is 4.98 Å². The Labute approximate surface area is 148 Å². The van der Waals surface area contributed by atoms with E-state index in [1.807, 2.05) is 60.7 Å². The maximum Gasteiger partial charge on any atom is 0.355 e. The summed E-state index contributed by atoms with van der Waals surface area (Å²) in [6.07, 6.45) is 0. The summed E-state index contributed by atoms with van der Waals surface area (Å²) >= 11 is 0. The smallest absolute Gasteiger partial charge is 0.355 e. The van der Waals surface area contributed by atoms with E-state index in [0.717, 1.165) is 17.2 Å². The molecule has 0 aliphatic carbocycles. The molecule has 2 aromatic heterocycles. The van der Waals surface area contributed by atoms with Crippen molar-refractivity contribution >= 4 is 11.8 Å². The fraction of sp³-hybridized carbons (Fsp3) is 0.0500. The van der Waals surface area contributed by atoms with Crippen LogP contribution in [0.15, 0.2) is 75.9 Å². The number of ether oxygens (including phenoxy) is 1. The third-order valence-electron chi connectivity index (χ3n) is 4.01. The number of methoxy groups -OCH3 is 1. The van der Waals surface area contributed by atoms with Crippen LogP contribution in [0.4, 0.5) is 0 Å². The summed E-state index contributed by atoms with van der Waals surface area (Å²) in [4.78, 5) is 28.1. The van der Waals surface area contributed by atoms with Crippen molar-refractivity contribution in [3.8, 4) is 22.6 Å². The molecule has 4 aromatic rings. The predicted molar refractivity (Wildman–Crippen MR) is 95.9 cm³/mol. The second kappa shape index (κ2) is 6.33. The lowest BCUT2D eigenvalue weighted by molar-refractivity contribution is 0.0592. The Morgan fingerprint density at radius 1 is 1.00 bits per heavy atom. The van der Waals surface area contributed by atoms with Crippen molar-refractivity contribution in [2.24, 2.45) is 0 Å². The maximum atomic E-state index is 12.3. The number of nitrogens with zero attached hydrogens (tertiary/aromatic N) is 2. The van der Waals surface area contributed by atoms with E-state index in [-0.39, 0.29) is 11.5 Å². The second-order valence-electron chi connectivity index (χ2n) is 5.60. The Hall–Kier alpha value is -3.67. The number of benzene rings is 2. The highest BCUT2D eigenvalue weighted by Gasteiger charge is 2.23. The van der Waals surface area contributed by atoms with Crippen LogP contribution in [0.25, 0.3) is 28.4 Å². The molecule has 0 aliphatic rings. The lowest BCUT2D eigenvalue weighted by Crippen LogP contribution is -2.16. The number of carbonyl (C=O) groups is 1. The summed E-state index contributed by atoms with van der Waals surface area (Å²) in [7, 11) is 1.26. The average molecular weight is 346 g/mol. The molecule has 6 nitrogen and oxygen atoms in total. The summed E-state index contributed by atoms with van der Waals surface area (Å²) in [5.41, 5.74) is 1.74. The molecule has 0 spiro atoms. The first kappa shape index (κ1) is 15.8. The Morgan fingerprint density at radius 2 is 1.62 bits per heavy atom. The van der Waals surface area contributed by atoms with Gasteiger partial charge in [0.15, 0.2) is 5.76 Å². The highest BCUT2D eigenvalue weighted by molar-refractivity contribution is 5.90. The first-order valence-corrected chi connectivity index (χ1v) is 7.95. The molecule has 0 aliphatic heterocycles. The van der Waals surface area contributed by atoms with Crippen LogP contribution in [0.2, 0.25) is 0 Å². The minimum absolute atomic E-state index is 0.0376. The molecule has 0 bridgehead atoms. The lowest BCUT2D eigenvalue weighted by Gasteiger charge is -2.07. The molecule has 0 saturated carbocycles. The molecule has 0 amide bonds. The van der Waals surface area contributed by atoms with Gasteiger partial charge in [-0.1, -0.05) is 60.7 Å². The molecule has 2 heterocycles. The Kier molecular flexibility index (Phi) is 3.85. The lowest BCUT2D eigenvalue weighted by atomic mass is 10.1. The Balaban J connectivity index is 2.16. The number of hydrogen-bond acceptors (Lipinski definition) is 5. The Bertz CT molecular complexity index is 1150. The van der Waals surface area contributed by atoms with E-state index in [9.17, 15) is 9.59 Å². The molecule has 6 heteroatoms. The van der Waals surface area contributed by atoms with Crippen LogP contribution in [0.5, 0.6) is 0 Å². The molecule has 0 fully saturated rings. The largest absolute Gasteiger partial charge is 0.464 e. The number of rotatable bonds is 3. The zero-order valence-corrected chi connectivity index (χ0v) is 13.9. The predicted octanol–water partition coefficient (Wildman–Crippen LogP) is 3.41. The second-order valence-corrected chi connectivity index (χ2v) is 5.60. The molecule has 2 aromatic carbocycles. The standard InChI is InChI=1S/C20H14N2O4/c1-25-19(24)15-12-16(23)21-20-22(15)17(13-8-4-2-5-9-13)18(26-20)14-10-6-3-7-11-14/h2-12H,1H3. The highest BCUT2D eigenvalue weighted by Crippen LogP contribution is 2.35. The van der Waals surface area contributed by atoms with E-state index < -0.39 is 11.5 Å². The van der Waals surface area contributed by atoms with Crippen LogP contribution in [0.1, 0.15) is 10.5 Å². The summed E-state index contributed by atoms with van der Waals surface area (Å²) in [6, 6.07) is 20.1. The van der Waals surface area contributed by atoms with Crippen molar-refractivity contribution in [2.45, 2.75) is 0 Å². The van der Waals surface area contributed by atoms with Crippen molar-refractivity contribution in [2.75, 3.05) is 7.11 Å². The molecule has 0 radical (unpaired) electrons. The number of oxazole rings is 1. The Morgan fingerprint density at radius 3 is 2.23 bits per heavy atom. The first-order chi connectivity index (χ1) is 12.7. The number of fused-ring (bicyclic) bond motifs is 1. The van der Waals surface area contributed by atoms with Gasteiger partial charge < -0.3 is 9.15 Å². The van der Waals surface area contributed by atoms with Crippen LogP contribution >= 0.6 is 0 Å². The van der Waals surface area contributed by atoms with E-state index >= 15 is 0 Å². The van der Waals surface area contributed by atoms with Gasteiger partial charge in [0, 0.05) is 17.2 Å². The molecule has 0 N–H and O–H groups in total. The van der Waals surface area contributed by atoms with Crippen LogP contribution in [0.3, 0.4) is 0 Å².